The van der Waals surface area contributed by atoms with Crippen LogP contribution in [-0.2, 0) is 9.53 Å². The number of amides is 1. The van der Waals surface area contributed by atoms with Crippen LogP contribution in [0.25, 0.3) is 6.08 Å². The van der Waals surface area contributed by atoms with Crippen molar-refractivity contribution in [2.75, 3.05) is 20.3 Å². The number of nitriles is 1. The van der Waals surface area contributed by atoms with Crippen LogP contribution in [-0.4, -0.2) is 26.2 Å². The van der Waals surface area contributed by atoms with Gasteiger partial charge in [-0.3, -0.25) is 4.79 Å². The lowest BCUT2D eigenvalue weighted by molar-refractivity contribution is -0.117. The van der Waals surface area contributed by atoms with Crippen molar-refractivity contribution >= 4 is 23.3 Å². The van der Waals surface area contributed by atoms with E-state index in [9.17, 15) is 4.79 Å². The molecule has 0 atom stereocenters. The van der Waals surface area contributed by atoms with E-state index >= 15 is 0 Å². The first-order chi connectivity index (χ1) is 8.69. The Morgan fingerprint density at radius 2 is 2.44 bits per heavy atom. The Hall–Kier alpha value is -1.64. The van der Waals surface area contributed by atoms with E-state index in [2.05, 4.69) is 5.32 Å². The molecule has 18 heavy (non-hydrogen) atoms. The van der Waals surface area contributed by atoms with Gasteiger partial charge in [-0.05, 0) is 36.4 Å². The first kappa shape index (κ1) is 14.4. The van der Waals surface area contributed by atoms with Crippen LogP contribution in [0.5, 0.6) is 0 Å². The molecule has 0 saturated heterocycles. The molecule has 0 aliphatic rings. The molecule has 0 saturated carbocycles. The highest BCUT2D eigenvalue weighted by atomic mass is 32.1. The minimum Gasteiger partial charge on any atom is -0.385 e. The van der Waals surface area contributed by atoms with Crippen LogP contribution in [0.4, 0.5) is 0 Å². The maximum atomic E-state index is 11.7. The topological polar surface area (TPSA) is 62.1 Å². The molecule has 1 amide bonds. The molecule has 0 radical (unpaired) electrons. The van der Waals surface area contributed by atoms with Crippen molar-refractivity contribution in [3.8, 4) is 6.07 Å². The third-order valence-electron chi connectivity index (χ3n) is 2.35. The Bertz CT molecular complexity index is 472. The molecule has 1 aromatic heterocycles. The van der Waals surface area contributed by atoms with Crippen LogP contribution in [0.2, 0.25) is 0 Å². The van der Waals surface area contributed by atoms with Gasteiger partial charge in [0.25, 0.3) is 5.91 Å². The summed E-state index contributed by atoms with van der Waals surface area (Å²) >= 11 is 1.52. The number of ether oxygens (including phenoxy) is 1. The molecule has 0 spiro atoms. The molecule has 1 rings (SSSR count). The van der Waals surface area contributed by atoms with Crippen molar-refractivity contribution < 1.29 is 9.53 Å². The molecule has 0 unspecified atom stereocenters. The molecule has 0 bridgehead atoms. The zero-order valence-corrected chi connectivity index (χ0v) is 11.3. The molecule has 0 aliphatic carbocycles. The van der Waals surface area contributed by atoms with Gasteiger partial charge in [0.05, 0.1) is 0 Å². The normalized spacial score (nSPS) is 11.1. The average Bonchev–Trinajstić information content (AvgIpc) is 2.77. The van der Waals surface area contributed by atoms with Crippen molar-refractivity contribution in [3.05, 3.63) is 27.5 Å². The Labute approximate surface area is 111 Å². The SMILES string of the molecule is COCCCNC(=O)/C(C#N)=C/c1sccc1C. The molecule has 1 aromatic rings. The second-order valence-corrected chi connectivity index (χ2v) is 4.69. The molecule has 0 aliphatic heterocycles. The lowest BCUT2D eigenvalue weighted by Gasteiger charge is -2.03. The minimum absolute atomic E-state index is 0.137. The fraction of sp³-hybridized carbons (Fsp3) is 0.385. The summed E-state index contributed by atoms with van der Waals surface area (Å²) in [5, 5.41) is 13.6. The van der Waals surface area contributed by atoms with Gasteiger partial charge in [0.1, 0.15) is 11.6 Å². The number of carbonyl (C=O) groups excluding carboxylic acids is 1. The van der Waals surface area contributed by atoms with Crippen molar-refractivity contribution in [2.24, 2.45) is 0 Å². The van der Waals surface area contributed by atoms with Gasteiger partial charge in [0.2, 0.25) is 0 Å². The van der Waals surface area contributed by atoms with Gasteiger partial charge in [0.15, 0.2) is 0 Å². The van der Waals surface area contributed by atoms with E-state index in [4.69, 9.17) is 10.00 Å². The summed E-state index contributed by atoms with van der Waals surface area (Å²) in [5.74, 6) is -0.332. The zero-order chi connectivity index (χ0) is 13.4. The quantitative estimate of drug-likeness (QED) is 0.486. The summed E-state index contributed by atoms with van der Waals surface area (Å²) in [6.07, 6.45) is 2.37. The monoisotopic (exact) mass is 264 g/mol. The third-order valence-corrected chi connectivity index (χ3v) is 3.32. The summed E-state index contributed by atoms with van der Waals surface area (Å²) in [6.45, 7) is 3.05. The van der Waals surface area contributed by atoms with Gasteiger partial charge < -0.3 is 10.1 Å². The maximum absolute atomic E-state index is 11.7. The number of nitrogens with zero attached hydrogens (tertiary/aromatic N) is 1. The summed E-state index contributed by atoms with van der Waals surface area (Å²) in [7, 11) is 1.61. The van der Waals surface area contributed by atoms with Crippen molar-refractivity contribution in [1.82, 2.24) is 5.32 Å². The Balaban J connectivity index is 2.61. The summed E-state index contributed by atoms with van der Waals surface area (Å²) in [4.78, 5) is 12.7. The van der Waals surface area contributed by atoms with Gasteiger partial charge >= 0.3 is 0 Å². The van der Waals surface area contributed by atoms with Crippen LogP contribution < -0.4 is 5.32 Å². The van der Waals surface area contributed by atoms with E-state index in [1.54, 1.807) is 13.2 Å². The fourth-order valence-electron chi connectivity index (χ4n) is 1.33. The van der Waals surface area contributed by atoms with Gasteiger partial charge in [-0.15, -0.1) is 11.3 Å². The summed E-state index contributed by atoms with van der Waals surface area (Å²) in [6, 6.07) is 3.89. The highest BCUT2D eigenvalue weighted by Gasteiger charge is 2.09. The predicted molar refractivity (Wildman–Crippen MR) is 72.1 cm³/mol. The molecule has 0 aromatic carbocycles. The second kappa shape index (κ2) is 7.64. The molecule has 4 nitrogen and oxygen atoms in total. The Morgan fingerprint density at radius 3 is 3.00 bits per heavy atom. The maximum Gasteiger partial charge on any atom is 0.261 e. The number of rotatable bonds is 6. The standard InChI is InChI=1S/C13H16N2O2S/c1-10-4-7-18-12(10)8-11(9-14)13(16)15-5-3-6-17-2/h4,7-8H,3,5-6H2,1-2H3,(H,15,16)/b11-8+. The number of nitrogens with one attached hydrogen (secondary N) is 1. The van der Waals surface area contributed by atoms with Gasteiger partial charge in [-0.1, -0.05) is 0 Å². The van der Waals surface area contributed by atoms with E-state index < -0.39 is 0 Å². The van der Waals surface area contributed by atoms with E-state index in [1.807, 2.05) is 24.4 Å². The van der Waals surface area contributed by atoms with Gasteiger partial charge in [-0.2, -0.15) is 5.26 Å². The Morgan fingerprint density at radius 1 is 1.67 bits per heavy atom. The molecular formula is C13H16N2O2S. The summed E-state index contributed by atoms with van der Waals surface area (Å²) < 4.78 is 4.88. The van der Waals surface area contributed by atoms with Crippen LogP contribution in [0, 0.1) is 18.3 Å². The third kappa shape index (κ3) is 4.32. The zero-order valence-electron chi connectivity index (χ0n) is 10.5. The molecule has 5 heteroatoms. The first-order valence-corrected chi connectivity index (χ1v) is 6.50. The Kier molecular flexibility index (Phi) is 6.12. The highest BCUT2D eigenvalue weighted by molar-refractivity contribution is 7.11. The molecular weight excluding hydrogens is 248 g/mol. The van der Waals surface area contributed by atoms with Gasteiger partial charge in [-0.25, -0.2) is 0 Å². The lowest BCUT2D eigenvalue weighted by Crippen LogP contribution is -2.26. The fourth-order valence-corrected chi connectivity index (χ4v) is 2.18. The highest BCUT2D eigenvalue weighted by Crippen LogP contribution is 2.18. The molecule has 0 fully saturated rings. The predicted octanol–water partition coefficient (Wildman–Crippen LogP) is 2.12. The number of carbonyl (C=O) groups is 1. The number of hydrogen-bond donors (Lipinski definition) is 1. The van der Waals surface area contributed by atoms with E-state index in [-0.39, 0.29) is 11.5 Å². The van der Waals surface area contributed by atoms with Crippen LogP contribution in [0.3, 0.4) is 0 Å². The van der Waals surface area contributed by atoms with Crippen molar-refractivity contribution in [3.63, 3.8) is 0 Å². The number of aryl methyl sites for hydroxylation is 1. The lowest BCUT2D eigenvalue weighted by atomic mass is 10.2. The minimum atomic E-state index is -0.332. The van der Waals surface area contributed by atoms with Crippen molar-refractivity contribution in [1.29, 1.82) is 5.26 Å². The van der Waals surface area contributed by atoms with Crippen LogP contribution in [0.15, 0.2) is 17.0 Å². The first-order valence-electron chi connectivity index (χ1n) is 5.62. The van der Waals surface area contributed by atoms with Crippen LogP contribution in [0.1, 0.15) is 16.9 Å². The van der Waals surface area contributed by atoms with Crippen LogP contribution >= 0.6 is 11.3 Å². The number of methoxy groups -OCH3 is 1. The van der Waals surface area contributed by atoms with E-state index in [1.165, 1.54) is 11.3 Å². The average molecular weight is 264 g/mol. The molecule has 1 heterocycles. The summed E-state index contributed by atoms with van der Waals surface area (Å²) in [5.41, 5.74) is 1.21. The van der Waals surface area contributed by atoms with Gasteiger partial charge in [0, 0.05) is 25.1 Å². The van der Waals surface area contributed by atoms with E-state index in [0.717, 1.165) is 16.9 Å². The second-order valence-electron chi connectivity index (χ2n) is 3.74. The van der Waals surface area contributed by atoms with E-state index in [0.29, 0.717) is 13.2 Å². The molecule has 96 valence electrons. The smallest absolute Gasteiger partial charge is 0.261 e. The molecule has 1 N–H and O–H groups in total. The number of hydrogen-bond acceptors (Lipinski definition) is 4. The number of thiophene rings is 1. The van der Waals surface area contributed by atoms with Crippen molar-refractivity contribution in [2.45, 2.75) is 13.3 Å². The largest absolute Gasteiger partial charge is 0.385 e.